The third-order valence-corrected chi connectivity index (χ3v) is 6.33. The number of rotatable bonds is 11. The maximum absolute atomic E-state index is 14.4. The summed E-state index contributed by atoms with van der Waals surface area (Å²) in [7, 11) is 0. The highest BCUT2D eigenvalue weighted by Gasteiger charge is 2.30. The monoisotopic (exact) mass is 471 g/mol. The van der Waals surface area contributed by atoms with E-state index in [9.17, 15) is 13.6 Å². The number of carbonyl (C=O) groups excluding carboxylic acids is 1. The summed E-state index contributed by atoms with van der Waals surface area (Å²) in [4.78, 5) is 19.4. The number of aromatic nitrogens is 3. The summed E-state index contributed by atoms with van der Waals surface area (Å²) in [6.45, 7) is 1.48. The largest absolute Gasteiger partial charge is 0.396 e. The van der Waals surface area contributed by atoms with Crippen molar-refractivity contribution in [3.8, 4) is 0 Å². The summed E-state index contributed by atoms with van der Waals surface area (Å²) in [6.07, 6.45) is 10.7. The molecular formula is C25H31F2N5O2. The zero-order valence-corrected chi connectivity index (χ0v) is 19.2. The zero-order chi connectivity index (χ0) is 23.9. The lowest BCUT2D eigenvalue weighted by molar-refractivity contribution is 0.0954. The lowest BCUT2D eigenvalue weighted by Gasteiger charge is -2.26. The van der Waals surface area contributed by atoms with Crippen LogP contribution < -0.4 is 10.2 Å². The van der Waals surface area contributed by atoms with Crippen molar-refractivity contribution < 1.29 is 18.7 Å². The van der Waals surface area contributed by atoms with Gasteiger partial charge in [0.15, 0.2) is 5.65 Å². The van der Waals surface area contributed by atoms with Crippen molar-refractivity contribution in [1.82, 2.24) is 19.9 Å². The summed E-state index contributed by atoms with van der Waals surface area (Å²) in [5.74, 6) is -0.520. The molecule has 34 heavy (non-hydrogen) atoms. The van der Waals surface area contributed by atoms with Gasteiger partial charge in [0.1, 0.15) is 23.0 Å². The first-order valence-electron chi connectivity index (χ1n) is 12.0. The molecule has 1 aliphatic heterocycles. The topological polar surface area (TPSA) is 82.8 Å². The quantitative estimate of drug-likeness (QED) is 0.405. The Bertz CT molecular complexity index is 1120. The fourth-order valence-corrected chi connectivity index (χ4v) is 4.55. The first-order chi connectivity index (χ1) is 16.6. The molecule has 3 heterocycles. The molecule has 1 amide bonds. The molecule has 1 saturated heterocycles. The predicted molar refractivity (Wildman–Crippen MR) is 126 cm³/mol. The molecule has 2 N–H and O–H groups in total. The fraction of sp³-hybridized carbons (Fsp3) is 0.480. The standard InChI is InChI=1S/C25H31F2N5O2/c26-18-9-10-21(27)19(16-18)22-8-7-13-31(22)23-11-14-32-24(30-23)20(17-29-32)25(34)28-12-5-3-1-2-4-6-15-33/h9-11,14,16-17,22,33H,1-8,12-13,15H2,(H,28,34)/t22-/m1/s1. The molecule has 182 valence electrons. The Morgan fingerprint density at radius 2 is 1.91 bits per heavy atom. The van der Waals surface area contributed by atoms with Gasteiger partial charge in [-0.1, -0.05) is 25.7 Å². The highest BCUT2D eigenvalue weighted by molar-refractivity contribution is 5.99. The van der Waals surface area contributed by atoms with Crippen LogP contribution in [0.2, 0.25) is 0 Å². The van der Waals surface area contributed by atoms with E-state index in [1.807, 2.05) is 4.90 Å². The summed E-state index contributed by atoms with van der Waals surface area (Å²) < 4.78 is 29.8. The molecule has 7 nitrogen and oxygen atoms in total. The summed E-state index contributed by atoms with van der Waals surface area (Å²) in [5.41, 5.74) is 1.14. The molecule has 9 heteroatoms. The van der Waals surface area contributed by atoms with E-state index in [-0.39, 0.29) is 18.6 Å². The number of anilines is 1. The van der Waals surface area contributed by atoms with Crippen LogP contribution in [0, 0.1) is 11.6 Å². The van der Waals surface area contributed by atoms with Crippen molar-refractivity contribution in [1.29, 1.82) is 0 Å². The van der Waals surface area contributed by atoms with Gasteiger partial charge in [-0.2, -0.15) is 5.10 Å². The highest BCUT2D eigenvalue weighted by Crippen LogP contribution is 2.36. The number of aliphatic hydroxyl groups excluding tert-OH is 1. The number of carbonyl (C=O) groups is 1. The minimum atomic E-state index is -0.466. The van der Waals surface area contributed by atoms with E-state index in [1.54, 1.807) is 16.8 Å². The van der Waals surface area contributed by atoms with Crippen molar-refractivity contribution in [2.24, 2.45) is 0 Å². The van der Waals surface area contributed by atoms with Gasteiger partial charge in [-0.05, 0) is 49.9 Å². The second-order valence-electron chi connectivity index (χ2n) is 8.73. The molecule has 0 aliphatic carbocycles. The molecule has 0 unspecified atom stereocenters. The molecule has 0 spiro atoms. The van der Waals surface area contributed by atoms with Crippen LogP contribution in [0.5, 0.6) is 0 Å². The SMILES string of the molecule is O=C(NCCCCCCCCO)c1cnn2ccc(N3CCC[C@@H]3c3cc(F)ccc3F)nc12. The smallest absolute Gasteiger partial charge is 0.256 e. The molecule has 1 fully saturated rings. The molecule has 3 aromatic rings. The van der Waals surface area contributed by atoms with E-state index in [0.717, 1.165) is 57.1 Å². The van der Waals surface area contributed by atoms with Gasteiger partial charge >= 0.3 is 0 Å². The fourth-order valence-electron chi connectivity index (χ4n) is 4.55. The Morgan fingerprint density at radius 3 is 2.74 bits per heavy atom. The second-order valence-corrected chi connectivity index (χ2v) is 8.73. The maximum atomic E-state index is 14.4. The van der Waals surface area contributed by atoms with Gasteiger partial charge in [0, 0.05) is 31.5 Å². The van der Waals surface area contributed by atoms with Gasteiger partial charge < -0.3 is 15.3 Å². The van der Waals surface area contributed by atoms with Crippen molar-refractivity contribution in [2.75, 3.05) is 24.6 Å². The number of nitrogens with one attached hydrogen (secondary N) is 1. The van der Waals surface area contributed by atoms with Crippen LogP contribution in [0.1, 0.15) is 73.3 Å². The molecule has 2 aromatic heterocycles. The Balaban J connectivity index is 1.43. The normalized spacial score (nSPS) is 15.9. The lowest BCUT2D eigenvalue weighted by atomic mass is 10.0. The molecule has 0 bridgehead atoms. The lowest BCUT2D eigenvalue weighted by Crippen LogP contribution is -2.26. The Labute approximate surface area is 197 Å². The van der Waals surface area contributed by atoms with Gasteiger partial charge in [0.05, 0.1) is 12.2 Å². The Hall–Kier alpha value is -3.07. The van der Waals surface area contributed by atoms with E-state index in [1.165, 1.54) is 12.3 Å². The van der Waals surface area contributed by atoms with E-state index >= 15 is 0 Å². The molecule has 1 atom stereocenters. The average molecular weight is 472 g/mol. The van der Waals surface area contributed by atoms with E-state index < -0.39 is 11.6 Å². The summed E-state index contributed by atoms with van der Waals surface area (Å²) in [5, 5.41) is 16.0. The van der Waals surface area contributed by atoms with Crippen LogP contribution in [0.15, 0.2) is 36.7 Å². The van der Waals surface area contributed by atoms with Gasteiger partial charge in [0.25, 0.3) is 5.91 Å². The first-order valence-corrected chi connectivity index (χ1v) is 12.0. The first kappa shape index (κ1) is 24.1. The number of benzene rings is 1. The summed E-state index contributed by atoms with van der Waals surface area (Å²) in [6, 6.07) is 5.00. The van der Waals surface area contributed by atoms with Crippen molar-refractivity contribution in [3.05, 3.63) is 59.4 Å². The summed E-state index contributed by atoms with van der Waals surface area (Å²) >= 11 is 0. The van der Waals surface area contributed by atoms with Gasteiger partial charge in [0.2, 0.25) is 0 Å². The van der Waals surface area contributed by atoms with Crippen molar-refractivity contribution >= 4 is 17.4 Å². The van der Waals surface area contributed by atoms with Crippen molar-refractivity contribution in [2.45, 2.75) is 57.4 Å². The molecule has 1 aliphatic rings. The van der Waals surface area contributed by atoms with Crippen LogP contribution in [0.25, 0.3) is 5.65 Å². The molecule has 0 saturated carbocycles. The zero-order valence-electron chi connectivity index (χ0n) is 19.2. The molecular weight excluding hydrogens is 440 g/mol. The number of nitrogens with zero attached hydrogens (tertiary/aromatic N) is 4. The maximum Gasteiger partial charge on any atom is 0.256 e. The highest BCUT2D eigenvalue weighted by atomic mass is 19.1. The minimum absolute atomic E-state index is 0.228. The van der Waals surface area contributed by atoms with E-state index in [2.05, 4.69) is 15.4 Å². The van der Waals surface area contributed by atoms with Crippen LogP contribution in [-0.4, -0.2) is 45.3 Å². The van der Waals surface area contributed by atoms with Crippen LogP contribution >= 0.6 is 0 Å². The number of amides is 1. The van der Waals surface area contributed by atoms with E-state index in [4.69, 9.17) is 5.11 Å². The molecule has 0 radical (unpaired) electrons. The number of halogens is 2. The number of unbranched alkanes of at least 4 members (excludes halogenated alkanes) is 5. The number of aliphatic hydroxyl groups is 1. The minimum Gasteiger partial charge on any atom is -0.396 e. The van der Waals surface area contributed by atoms with Crippen LogP contribution in [0.4, 0.5) is 14.6 Å². The number of hydrogen-bond acceptors (Lipinski definition) is 5. The molecule has 1 aromatic carbocycles. The van der Waals surface area contributed by atoms with Gasteiger partial charge in [-0.25, -0.2) is 18.3 Å². The number of hydrogen-bond donors (Lipinski definition) is 2. The van der Waals surface area contributed by atoms with Crippen LogP contribution in [-0.2, 0) is 0 Å². The third kappa shape index (κ3) is 5.52. The van der Waals surface area contributed by atoms with Gasteiger partial charge in [-0.15, -0.1) is 0 Å². The number of fused-ring (bicyclic) bond motifs is 1. The Morgan fingerprint density at radius 1 is 1.12 bits per heavy atom. The third-order valence-electron chi connectivity index (χ3n) is 6.33. The second kappa shape index (κ2) is 11.4. The van der Waals surface area contributed by atoms with E-state index in [0.29, 0.717) is 42.1 Å². The van der Waals surface area contributed by atoms with Crippen LogP contribution in [0.3, 0.4) is 0 Å². The van der Waals surface area contributed by atoms with Gasteiger partial charge in [-0.3, -0.25) is 4.79 Å². The Kier molecular flexibility index (Phi) is 8.05. The van der Waals surface area contributed by atoms with Crippen molar-refractivity contribution in [3.63, 3.8) is 0 Å². The average Bonchev–Trinajstić information content (AvgIpc) is 3.49. The predicted octanol–water partition coefficient (Wildman–Crippen LogP) is 4.41. The molecule has 4 rings (SSSR count).